The summed E-state index contributed by atoms with van der Waals surface area (Å²) >= 11 is 0. The average Bonchev–Trinajstić information content (AvgIpc) is 2.64. The van der Waals surface area contributed by atoms with Crippen molar-refractivity contribution in [1.29, 1.82) is 0 Å². The Morgan fingerprint density at radius 1 is 1.10 bits per heavy atom. The molecule has 2 aromatic rings. The summed E-state index contributed by atoms with van der Waals surface area (Å²) in [5, 5.41) is 2.75. The van der Waals surface area contributed by atoms with Crippen LogP contribution in [0.25, 0.3) is 0 Å². The Morgan fingerprint density at radius 3 is 2.31 bits per heavy atom. The fourth-order valence-electron chi connectivity index (χ4n) is 2.79. The second kappa shape index (κ2) is 9.15. The summed E-state index contributed by atoms with van der Waals surface area (Å²) in [6.07, 6.45) is 0. The molecule has 0 heterocycles. The number of benzene rings is 2. The molecular weight excluding hydrogens is 397 g/mol. The van der Waals surface area contributed by atoms with Gasteiger partial charge in [0.05, 0.1) is 17.0 Å². The minimum atomic E-state index is -3.85. The predicted octanol–water partition coefficient (Wildman–Crippen LogP) is 2.45. The van der Waals surface area contributed by atoms with E-state index in [9.17, 15) is 22.4 Å². The van der Waals surface area contributed by atoms with Crippen LogP contribution >= 0.6 is 0 Å². The molecule has 7 nitrogen and oxygen atoms in total. The highest BCUT2D eigenvalue weighted by Crippen LogP contribution is 2.20. The molecule has 0 aliphatic rings. The van der Waals surface area contributed by atoms with Crippen LogP contribution in [0.1, 0.15) is 28.4 Å². The van der Waals surface area contributed by atoms with Crippen molar-refractivity contribution in [2.45, 2.75) is 25.7 Å². The van der Waals surface area contributed by atoms with Crippen LogP contribution in [0.2, 0.25) is 0 Å². The number of hydrogen-bond acceptors (Lipinski definition) is 4. The molecule has 0 aliphatic heterocycles. The zero-order chi connectivity index (χ0) is 21.8. The normalized spacial score (nSPS) is 11.2. The highest BCUT2D eigenvalue weighted by atomic mass is 32.2. The number of nitrogens with one attached hydrogen (secondary N) is 2. The van der Waals surface area contributed by atoms with Crippen molar-refractivity contribution in [3.05, 3.63) is 58.9 Å². The van der Waals surface area contributed by atoms with Gasteiger partial charge in [0.15, 0.2) is 0 Å². The number of amides is 2. The van der Waals surface area contributed by atoms with E-state index in [2.05, 4.69) is 10.0 Å². The Balaban J connectivity index is 2.18. The summed E-state index contributed by atoms with van der Waals surface area (Å²) in [6.45, 7) is 5.14. The van der Waals surface area contributed by atoms with Crippen molar-refractivity contribution in [3.8, 4) is 0 Å². The van der Waals surface area contributed by atoms with Crippen molar-refractivity contribution in [2.24, 2.45) is 0 Å². The summed E-state index contributed by atoms with van der Waals surface area (Å²) < 4.78 is 40.7. The molecule has 0 radical (unpaired) electrons. The van der Waals surface area contributed by atoms with Crippen LogP contribution in [0.3, 0.4) is 0 Å². The van der Waals surface area contributed by atoms with Crippen molar-refractivity contribution < 1.29 is 22.4 Å². The van der Waals surface area contributed by atoms with Gasteiger partial charge in [0.1, 0.15) is 5.82 Å². The molecule has 0 atom stereocenters. The van der Waals surface area contributed by atoms with E-state index in [1.807, 2.05) is 32.0 Å². The topological polar surface area (TPSA) is 95.6 Å². The van der Waals surface area contributed by atoms with Gasteiger partial charge in [-0.05, 0) is 43.2 Å². The van der Waals surface area contributed by atoms with E-state index in [0.717, 1.165) is 34.2 Å². The largest absolute Gasteiger partial charge is 0.332 e. The van der Waals surface area contributed by atoms with E-state index in [1.165, 1.54) is 7.05 Å². The van der Waals surface area contributed by atoms with Gasteiger partial charge in [0, 0.05) is 19.3 Å². The van der Waals surface area contributed by atoms with Crippen molar-refractivity contribution in [3.63, 3.8) is 0 Å². The number of anilines is 1. The first-order valence-corrected chi connectivity index (χ1v) is 10.5. The van der Waals surface area contributed by atoms with Gasteiger partial charge in [-0.1, -0.05) is 25.1 Å². The third-order valence-electron chi connectivity index (χ3n) is 4.29. The average molecular weight is 421 g/mol. The Kier molecular flexibility index (Phi) is 7.10. The number of likely N-dealkylation sites (N-methyl/N-ethyl adjacent to an activating group) is 1. The number of carbonyl (C=O) groups excluding carboxylic acids is 2. The number of hydrogen-bond donors (Lipinski definition) is 2. The van der Waals surface area contributed by atoms with E-state index in [0.29, 0.717) is 5.69 Å². The number of sulfonamides is 1. The minimum absolute atomic E-state index is 0.154. The predicted molar refractivity (Wildman–Crippen MR) is 109 cm³/mol. The highest BCUT2D eigenvalue weighted by Gasteiger charge is 2.22. The molecule has 9 heteroatoms. The molecule has 2 N–H and O–H groups in total. The van der Waals surface area contributed by atoms with E-state index >= 15 is 0 Å². The zero-order valence-corrected chi connectivity index (χ0v) is 17.6. The molecule has 2 amide bonds. The maximum atomic E-state index is 14.2. The number of carbonyl (C=O) groups is 2. The van der Waals surface area contributed by atoms with E-state index in [-0.39, 0.29) is 18.0 Å². The van der Waals surface area contributed by atoms with Crippen LogP contribution in [-0.4, -0.2) is 45.3 Å². The van der Waals surface area contributed by atoms with Crippen LogP contribution in [0.15, 0.2) is 41.3 Å². The summed E-state index contributed by atoms with van der Waals surface area (Å²) in [5.41, 5.74) is 1.98. The smallest absolute Gasteiger partial charge is 0.257 e. The monoisotopic (exact) mass is 421 g/mol. The fourth-order valence-corrected chi connectivity index (χ4v) is 3.86. The summed E-state index contributed by atoms with van der Waals surface area (Å²) in [5.74, 6) is -2.12. The molecular formula is C20H24FN3O4S. The molecule has 0 fully saturated rings. The van der Waals surface area contributed by atoms with Crippen LogP contribution in [0, 0.1) is 19.7 Å². The highest BCUT2D eigenvalue weighted by molar-refractivity contribution is 7.89. The Bertz CT molecular complexity index is 1020. The quantitative estimate of drug-likeness (QED) is 0.718. The van der Waals surface area contributed by atoms with Crippen molar-refractivity contribution >= 4 is 27.5 Å². The minimum Gasteiger partial charge on any atom is -0.332 e. The molecule has 0 bridgehead atoms. The summed E-state index contributed by atoms with van der Waals surface area (Å²) in [6, 6.07) is 8.54. The second-order valence-corrected chi connectivity index (χ2v) is 8.39. The summed E-state index contributed by atoms with van der Waals surface area (Å²) in [4.78, 5) is 25.8. The van der Waals surface area contributed by atoms with Gasteiger partial charge < -0.3 is 10.2 Å². The lowest BCUT2D eigenvalue weighted by molar-refractivity contribution is -0.116. The lowest BCUT2D eigenvalue weighted by Gasteiger charge is -2.19. The zero-order valence-electron chi connectivity index (χ0n) is 16.7. The number of nitrogens with zero attached hydrogens (tertiary/aromatic N) is 1. The maximum Gasteiger partial charge on any atom is 0.257 e. The maximum absolute atomic E-state index is 14.2. The van der Waals surface area contributed by atoms with Gasteiger partial charge in [-0.15, -0.1) is 0 Å². The number of halogens is 1. The summed E-state index contributed by atoms with van der Waals surface area (Å²) in [7, 11) is -2.50. The molecule has 2 aromatic carbocycles. The van der Waals surface area contributed by atoms with Crippen LogP contribution in [-0.2, 0) is 14.8 Å². The number of aryl methyl sites for hydroxylation is 2. The Labute approximate surface area is 170 Å². The first-order valence-electron chi connectivity index (χ1n) is 8.97. The van der Waals surface area contributed by atoms with Gasteiger partial charge in [-0.3, -0.25) is 9.59 Å². The van der Waals surface area contributed by atoms with E-state index < -0.39 is 33.2 Å². The standard InChI is InChI=1S/C20H24FN3O4S/c1-5-22-29(27,28)15-9-10-17(21)16(11-15)20(26)24(4)12-18(25)23-19-13(2)7-6-8-14(19)3/h6-11,22H,5,12H2,1-4H3,(H,23,25). The van der Waals surface area contributed by atoms with E-state index in [4.69, 9.17) is 0 Å². The van der Waals surface area contributed by atoms with Gasteiger partial charge in [0.2, 0.25) is 15.9 Å². The van der Waals surface area contributed by atoms with Crippen LogP contribution < -0.4 is 10.0 Å². The van der Waals surface area contributed by atoms with Gasteiger partial charge >= 0.3 is 0 Å². The fraction of sp³-hybridized carbons (Fsp3) is 0.300. The van der Waals surface area contributed by atoms with Crippen molar-refractivity contribution in [2.75, 3.05) is 25.5 Å². The van der Waals surface area contributed by atoms with Crippen molar-refractivity contribution in [1.82, 2.24) is 9.62 Å². The first kappa shape index (κ1) is 22.5. The molecule has 0 saturated carbocycles. The third kappa shape index (κ3) is 5.39. The second-order valence-electron chi connectivity index (χ2n) is 6.62. The van der Waals surface area contributed by atoms with Gasteiger partial charge in [-0.2, -0.15) is 0 Å². The first-order chi connectivity index (χ1) is 13.6. The molecule has 0 saturated heterocycles. The van der Waals surface area contributed by atoms with Crippen LogP contribution in [0.4, 0.5) is 10.1 Å². The van der Waals surface area contributed by atoms with E-state index in [1.54, 1.807) is 6.92 Å². The SMILES string of the molecule is CCNS(=O)(=O)c1ccc(F)c(C(=O)N(C)CC(=O)Nc2c(C)cccc2C)c1. The molecule has 156 valence electrons. The number of rotatable bonds is 7. The Hall–Kier alpha value is -2.78. The molecule has 29 heavy (non-hydrogen) atoms. The lowest BCUT2D eigenvalue weighted by atomic mass is 10.1. The van der Waals surface area contributed by atoms with Crippen LogP contribution in [0.5, 0.6) is 0 Å². The molecule has 2 rings (SSSR count). The molecule has 0 unspecified atom stereocenters. The van der Waals surface area contributed by atoms with Gasteiger partial charge in [0.25, 0.3) is 5.91 Å². The molecule has 0 spiro atoms. The number of para-hydroxylation sites is 1. The molecule has 0 aromatic heterocycles. The Morgan fingerprint density at radius 2 is 1.72 bits per heavy atom. The van der Waals surface area contributed by atoms with Gasteiger partial charge in [-0.25, -0.2) is 17.5 Å². The third-order valence-corrected chi connectivity index (χ3v) is 5.83. The lowest BCUT2D eigenvalue weighted by Crippen LogP contribution is -2.35. The molecule has 0 aliphatic carbocycles.